The predicted molar refractivity (Wildman–Crippen MR) is 67.8 cm³/mol. The van der Waals surface area contributed by atoms with Crippen LogP contribution < -0.4 is 5.32 Å². The van der Waals surface area contributed by atoms with E-state index >= 15 is 0 Å². The molecule has 1 atom stereocenters. The summed E-state index contributed by atoms with van der Waals surface area (Å²) >= 11 is 0. The van der Waals surface area contributed by atoms with Crippen LogP contribution in [0.4, 0.5) is 0 Å². The quantitative estimate of drug-likeness (QED) is 0.825. The Morgan fingerprint density at radius 2 is 2.24 bits per heavy atom. The van der Waals surface area contributed by atoms with Gasteiger partial charge in [0.2, 0.25) is 0 Å². The van der Waals surface area contributed by atoms with Crippen LogP contribution in [0.5, 0.6) is 0 Å². The summed E-state index contributed by atoms with van der Waals surface area (Å²) in [6.07, 6.45) is 9.00. The Morgan fingerprint density at radius 3 is 2.94 bits per heavy atom. The first kappa shape index (κ1) is 12.7. The van der Waals surface area contributed by atoms with Crippen molar-refractivity contribution in [3.05, 3.63) is 24.2 Å². The second-order valence-electron chi connectivity index (χ2n) is 4.92. The fourth-order valence-corrected chi connectivity index (χ4v) is 2.39. The van der Waals surface area contributed by atoms with Crippen LogP contribution >= 0.6 is 0 Å². The standard InChI is InChI=1S/C14H23NO2/c1-12(17-13-6-3-2-4-7-13)10-15-11-14-8-5-9-16-14/h5,8-9,12-13,15H,2-4,6-7,10-11H2,1H3. The third-order valence-electron chi connectivity index (χ3n) is 3.29. The Labute approximate surface area is 104 Å². The van der Waals surface area contributed by atoms with Crippen LogP contribution in [0.1, 0.15) is 44.8 Å². The molecule has 1 aromatic heterocycles. The lowest BCUT2D eigenvalue weighted by molar-refractivity contribution is -0.0200. The minimum atomic E-state index is 0.285. The molecule has 1 N–H and O–H groups in total. The van der Waals surface area contributed by atoms with E-state index in [-0.39, 0.29) is 6.10 Å². The van der Waals surface area contributed by atoms with Gasteiger partial charge < -0.3 is 14.5 Å². The third kappa shape index (κ3) is 4.52. The maximum atomic E-state index is 6.02. The van der Waals surface area contributed by atoms with Crippen molar-refractivity contribution in [2.75, 3.05) is 6.54 Å². The van der Waals surface area contributed by atoms with Gasteiger partial charge in [0.15, 0.2) is 0 Å². The van der Waals surface area contributed by atoms with Gasteiger partial charge in [-0.1, -0.05) is 19.3 Å². The minimum Gasteiger partial charge on any atom is -0.468 e. The fourth-order valence-electron chi connectivity index (χ4n) is 2.39. The van der Waals surface area contributed by atoms with E-state index in [9.17, 15) is 0 Å². The molecular weight excluding hydrogens is 214 g/mol. The summed E-state index contributed by atoms with van der Waals surface area (Å²) in [7, 11) is 0. The van der Waals surface area contributed by atoms with Gasteiger partial charge in [0.1, 0.15) is 5.76 Å². The van der Waals surface area contributed by atoms with Crippen LogP contribution in [0.3, 0.4) is 0 Å². The molecule has 1 aliphatic rings. The molecule has 0 bridgehead atoms. The summed E-state index contributed by atoms with van der Waals surface area (Å²) in [4.78, 5) is 0. The zero-order valence-corrected chi connectivity index (χ0v) is 10.7. The van der Waals surface area contributed by atoms with Gasteiger partial charge in [-0.3, -0.25) is 0 Å². The zero-order valence-electron chi connectivity index (χ0n) is 10.7. The monoisotopic (exact) mass is 237 g/mol. The Hall–Kier alpha value is -0.800. The van der Waals surface area contributed by atoms with Crippen LogP contribution in [0.2, 0.25) is 0 Å². The van der Waals surface area contributed by atoms with Gasteiger partial charge in [0.25, 0.3) is 0 Å². The van der Waals surface area contributed by atoms with E-state index in [2.05, 4.69) is 12.2 Å². The highest BCUT2D eigenvalue weighted by atomic mass is 16.5. The van der Waals surface area contributed by atoms with Crippen LogP contribution in [0.15, 0.2) is 22.8 Å². The highest BCUT2D eigenvalue weighted by Crippen LogP contribution is 2.21. The Morgan fingerprint density at radius 1 is 1.41 bits per heavy atom. The van der Waals surface area contributed by atoms with Crippen LogP contribution in [-0.2, 0) is 11.3 Å². The number of hydrogen-bond donors (Lipinski definition) is 1. The second-order valence-corrected chi connectivity index (χ2v) is 4.92. The molecule has 1 heterocycles. The van der Waals surface area contributed by atoms with Crippen molar-refractivity contribution >= 4 is 0 Å². The van der Waals surface area contributed by atoms with E-state index in [4.69, 9.17) is 9.15 Å². The van der Waals surface area contributed by atoms with Crippen molar-refractivity contribution in [3.63, 3.8) is 0 Å². The first-order valence-corrected chi connectivity index (χ1v) is 6.73. The minimum absolute atomic E-state index is 0.285. The molecule has 3 heteroatoms. The van der Waals surface area contributed by atoms with Crippen LogP contribution in [-0.4, -0.2) is 18.8 Å². The second kappa shape index (κ2) is 6.82. The number of hydrogen-bond acceptors (Lipinski definition) is 3. The van der Waals surface area contributed by atoms with E-state index in [0.717, 1.165) is 18.8 Å². The molecule has 0 saturated heterocycles. The lowest BCUT2D eigenvalue weighted by Gasteiger charge is -2.25. The van der Waals surface area contributed by atoms with Crippen LogP contribution in [0, 0.1) is 0 Å². The summed E-state index contributed by atoms with van der Waals surface area (Å²) in [5, 5.41) is 3.36. The molecule has 3 nitrogen and oxygen atoms in total. The number of rotatable bonds is 6. The van der Waals surface area contributed by atoms with Crippen molar-refractivity contribution in [1.82, 2.24) is 5.32 Å². The molecule has 17 heavy (non-hydrogen) atoms. The fraction of sp³-hybridized carbons (Fsp3) is 0.714. The molecule has 0 spiro atoms. The maximum absolute atomic E-state index is 6.02. The van der Waals surface area contributed by atoms with E-state index in [1.54, 1.807) is 6.26 Å². The maximum Gasteiger partial charge on any atom is 0.117 e. The van der Waals surface area contributed by atoms with E-state index < -0.39 is 0 Å². The van der Waals surface area contributed by atoms with Gasteiger partial charge >= 0.3 is 0 Å². The summed E-state index contributed by atoms with van der Waals surface area (Å²) in [6, 6.07) is 3.90. The third-order valence-corrected chi connectivity index (χ3v) is 3.29. The summed E-state index contributed by atoms with van der Waals surface area (Å²) < 4.78 is 11.3. The highest BCUT2D eigenvalue weighted by Gasteiger charge is 2.16. The van der Waals surface area contributed by atoms with Crippen molar-refractivity contribution in [1.29, 1.82) is 0 Å². The predicted octanol–water partition coefficient (Wildman–Crippen LogP) is 3.11. The average molecular weight is 237 g/mol. The van der Waals surface area contributed by atoms with E-state index in [1.165, 1.54) is 32.1 Å². The molecule has 0 aromatic carbocycles. The molecule has 0 amide bonds. The molecule has 96 valence electrons. The first-order chi connectivity index (χ1) is 8.34. The molecule has 1 aromatic rings. The molecule has 1 saturated carbocycles. The van der Waals surface area contributed by atoms with Crippen molar-refractivity contribution < 1.29 is 9.15 Å². The normalized spacial score (nSPS) is 19.4. The number of nitrogens with one attached hydrogen (secondary N) is 1. The molecule has 1 fully saturated rings. The van der Waals surface area contributed by atoms with Gasteiger partial charge in [0, 0.05) is 6.54 Å². The number of ether oxygens (including phenoxy) is 1. The van der Waals surface area contributed by atoms with Crippen molar-refractivity contribution in [3.8, 4) is 0 Å². The molecule has 2 rings (SSSR count). The van der Waals surface area contributed by atoms with Gasteiger partial charge in [-0.2, -0.15) is 0 Å². The summed E-state index contributed by atoms with van der Waals surface area (Å²) in [6.45, 7) is 3.81. The first-order valence-electron chi connectivity index (χ1n) is 6.73. The lowest BCUT2D eigenvalue weighted by Crippen LogP contribution is -2.31. The molecular formula is C14H23NO2. The van der Waals surface area contributed by atoms with E-state index in [1.807, 2.05) is 12.1 Å². The highest BCUT2D eigenvalue weighted by molar-refractivity contribution is 4.97. The molecule has 1 aliphatic carbocycles. The zero-order chi connectivity index (χ0) is 11.9. The molecule has 0 aliphatic heterocycles. The van der Waals surface area contributed by atoms with Crippen LogP contribution in [0.25, 0.3) is 0 Å². The van der Waals surface area contributed by atoms with Gasteiger partial charge in [-0.15, -0.1) is 0 Å². The summed E-state index contributed by atoms with van der Waals surface area (Å²) in [5.74, 6) is 0.981. The largest absolute Gasteiger partial charge is 0.468 e. The van der Waals surface area contributed by atoms with Gasteiger partial charge in [-0.05, 0) is 31.9 Å². The van der Waals surface area contributed by atoms with E-state index in [0.29, 0.717) is 6.10 Å². The lowest BCUT2D eigenvalue weighted by atomic mass is 9.98. The summed E-state index contributed by atoms with van der Waals surface area (Å²) in [5.41, 5.74) is 0. The molecule has 0 radical (unpaired) electrons. The Balaban J connectivity index is 1.58. The van der Waals surface area contributed by atoms with Crippen molar-refractivity contribution in [2.45, 2.75) is 57.8 Å². The van der Waals surface area contributed by atoms with Gasteiger partial charge in [0.05, 0.1) is 25.0 Å². The topological polar surface area (TPSA) is 34.4 Å². The van der Waals surface area contributed by atoms with Crippen molar-refractivity contribution in [2.24, 2.45) is 0 Å². The Bertz CT molecular complexity index is 291. The SMILES string of the molecule is CC(CNCc1ccco1)OC1CCCCC1. The smallest absolute Gasteiger partial charge is 0.117 e. The Kier molecular flexibility index (Phi) is 5.08. The molecule has 1 unspecified atom stereocenters. The number of furan rings is 1. The average Bonchev–Trinajstić information content (AvgIpc) is 2.83. The van der Waals surface area contributed by atoms with Gasteiger partial charge in [-0.25, -0.2) is 0 Å².